The van der Waals surface area contributed by atoms with E-state index in [0.29, 0.717) is 28.7 Å². The van der Waals surface area contributed by atoms with Crippen LogP contribution in [-0.4, -0.2) is 30.1 Å². The van der Waals surface area contributed by atoms with Crippen LogP contribution in [-0.2, 0) is 4.79 Å². The Hall–Kier alpha value is -2.84. The largest absolute Gasteiger partial charge is 0.494 e. The van der Waals surface area contributed by atoms with Crippen LogP contribution in [0.5, 0.6) is 11.5 Å². The molecule has 2 rings (SSSR count). The monoisotopic (exact) mass is 435 g/mol. The Morgan fingerprint density at radius 2 is 1.79 bits per heavy atom. The van der Waals surface area contributed by atoms with E-state index in [0.717, 1.165) is 12.0 Å². The molecular formula is C20H22ClN3O4S. The molecule has 0 atom stereocenters. The van der Waals surface area contributed by atoms with Crippen molar-refractivity contribution in [1.82, 2.24) is 16.2 Å². The Balaban J connectivity index is 1.74. The lowest BCUT2D eigenvalue weighted by atomic mass is 10.2. The predicted molar refractivity (Wildman–Crippen MR) is 115 cm³/mol. The van der Waals surface area contributed by atoms with Gasteiger partial charge in [0.1, 0.15) is 11.5 Å². The van der Waals surface area contributed by atoms with Gasteiger partial charge in [-0.3, -0.25) is 25.8 Å². The first-order valence-electron chi connectivity index (χ1n) is 8.91. The van der Waals surface area contributed by atoms with Crippen LogP contribution in [0.4, 0.5) is 0 Å². The highest BCUT2D eigenvalue weighted by molar-refractivity contribution is 7.80. The first kappa shape index (κ1) is 22.4. The second kappa shape index (κ2) is 11.2. The van der Waals surface area contributed by atoms with Gasteiger partial charge in [-0.1, -0.05) is 18.5 Å². The molecule has 0 radical (unpaired) electrons. The van der Waals surface area contributed by atoms with Crippen molar-refractivity contribution in [1.29, 1.82) is 0 Å². The van der Waals surface area contributed by atoms with Crippen LogP contribution in [0.3, 0.4) is 0 Å². The first-order valence-corrected chi connectivity index (χ1v) is 9.69. The highest BCUT2D eigenvalue weighted by atomic mass is 35.5. The van der Waals surface area contributed by atoms with Gasteiger partial charge in [0, 0.05) is 10.6 Å². The fourth-order valence-corrected chi connectivity index (χ4v) is 2.58. The minimum atomic E-state index is -0.464. The van der Waals surface area contributed by atoms with Crippen molar-refractivity contribution in [3.8, 4) is 11.5 Å². The Labute approximate surface area is 179 Å². The molecule has 29 heavy (non-hydrogen) atoms. The average Bonchev–Trinajstić information content (AvgIpc) is 2.70. The highest BCUT2D eigenvalue weighted by Crippen LogP contribution is 2.21. The average molecular weight is 436 g/mol. The lowest BCUT2D eigenvalue weighted by Gasteiger charge is -2.12. The number of thiocarbonyl (C=S) groups is 1. The van der Waals surface area contributed by atoms with Crippen molar-refractivity contribution < 1.29 is 19.1 Å². The first-order chi connectivity index (χ1) is 13.9. The third kappa shape index (κ3) is 7.59. The van der Waals surface area contributed by atoms with E-state index in [2.05, 4.69) is 16.2 Å². The number of aryl methyl sites for hydroxylation is 1. The summed E-state index contributed by atoms with van der Waals surface area (Å²) < 4.78 is 10.9. The second-order valence-corrected chi connectivity index (χ2v) is 6.87. The molecule has 0 aromatic heterocycles. The minimum Gasteiger partial charge on any atom is -0.494 e. The van der Waals surface area contributed by atoms with Gasteiger partial charge in [0.05, 0.1) is 6.61 Å². The van der Waals surface area contributed by atoms with E-state index < -0.39 is 11.8 Å². The highest BCUT2D eigenvalue weighted by Gasteiger charge is 2.10. The van der Waals surface area contributed by atoms with Gasteiger partial charge in [0.2, 0.25) is 0 Å². The van der Waals surface area contributed by atoms with Crippen molar-refractivity contribution in [3.63, 3.8) is 0 Å². The Kier molecular flexibility index (Phi) is 8.69. The fraction of sp³-hybridized carbons (Fsp3) is 0.250. The molecule has 0 aliphatic heterocycles. The molecule has 0 spiro atoms. The third-order valence-corrected chi connectivity index (χ3v) is 4.07. The van der Waals surface area contributed by atoms with E-state index >= 15 is 0 Å². The Bertz CT molecular complexity index is 875. The van der Waals surface area contributed by atoms with Crippen LogP contribution in [0, 0.1) is 6.92 Å². The molecule has 154 valence electrons. The van der Waals surface area contributed by atoms with E-state index in [4.69, 9.17) is 33.3 Å². The van der Waals surface area contributed by atoms with Crippen LogP contribution < -0.4 is 25.6 Å². The molecule has 7 nitrogen and oxygen atoms in total. The van der Waals surface area contributed by atoms with Crippen LogP contribution in [0.25, 0.3) is 0 Å². The summed E-state index contributed by atoms with van der Waals surface area (Å²) in [5, 5.41) is 3.02. The summed E-state index contributed by atoms with van der Waals surface area (Å²) >= 11 is 10.9. The quantitative estimate of drug-likeness (QED) is 0.457. The van der Waals surface area contributed by atoms with Crippen molar-refractivity contribution in [2.75, 3.05) is 13.2 Å². The lowest BCUT2D eigenvalue weighted by molar-refractivity contribution is -0.123. The van der Waals surface area contributed by atoms with Crippen LogP contribution in [0.1, 0.15) is 29.3 Å². The van der Waals surface area contributed by atoms with Crippen molar-refractivity contribution in [3.05, 3.63) is 58.6 Å². The van der Waals surface area contributed by atoms with Gasteiger partial charge < -0.3 is 9.47 Å². The fourth-order valence-electron chi connectivity index (χ4n) is 2.21. The number of hydrogen-bond acceptors (Lipinski definition) is 5. The SMILES string of the molecule is CCCOc1ccc(C(=O)NC(=S)NNC(=O)COc2ccc(Cl)cc2C)cc1. The van der Waals surface area contributed by atoms with Gasteiger partial charge in [0.15, 0.2) is 11.7 Å². The van der Waals surface area contributed by atoms with E-state index in [1.807, 2.05) is 13.8 Å². The minimum absolute atomic E-state index is 0.0441. The molecular weight excluding hydrogens is 414 g/mol. The lowest BCUT2D eigenvalue weighted by Crippen LogP contribution is -2.49. The number of ether oxygens (including phenoxy) is 2. The third-order valence-electron chi connectivity index (χ3n) is 3.63. The number of rotatable bonds is 7. The number of amides is 2. The summed E-state index contributed by atoms with van der Waals surface area (Å²) in [5.74, 6) is 0.360. The maximum atomic E-state index is 12.2. The van der Waals surface area contributed by atoms with E-state index in [-0.39, 0.29) is 11.7 Å². The van der Waals surface area contributed by atoms with Gasteiger partial charge in [0.25, 0.3) is 11.8 Å². The van der Waals surface area contributed by atoms with Gasteiger partial charge in [-0.05, 0) is 73.6 Å². The van der Waals surface area contributed by atoms with E-state index in [9.17, 15) is 9.59 Å². The number of halogens is 1. The smallest absolute Gasteiger partial charge is 0.276 e. The van der Waals surface area contributed by atoms with Gasteiger partial charge >= 0.3 is 0 Å². The van der Waals surface area contributed by atoms with E-state index in [1.165, 1.54) is 0 Å². The van der Waals surface area contributed by atoms with E-state index in [1.54, 1.807) is 42.5 Å². The maximum Gasteiger partial charge on any atom is 0.276 e. The number of hydrogen-bond donors (Lipinski definition) is 3. The molecule has 2 aromatic rings. The second-order valence-electron chi connectivity index (χ2n) is 6.03. The molecule has 2 amide bonds. The summed E-state index contributed by atoms with van der Waals surface area (Å²) in [6, 6.07) is 11.8. The summed E-state index contributed by atoms with van der Waals surface area (Å²) in [7, 11) is 0. The topological polar surface area (TPSA) is 88.7 Å². The summed E-state index contributed by atoms with van der Waals surface area (Å²) in [4.78, 5) is 24.0. The molecule has 0 heterocycles. The molecule has 0 bridgehead atoms. The van der Waals surface area contributed by atoms with Crippen molar-refractivity contribution in [2.24, 2.45) is 0 Å². The molecule has 0 fully saturated rings. The molecule has 0 aliphatic rings. The number of hydrazine groups is 1. The molecule has 0 saturated carbocycles. The number of carbonyl (C=O) groups is 2. The summed E-state index contributed by atoms with van der Waals surface area (Å²) in [6.45, 7) is 4.22. The Morgan fingerprint density at radius 1 is 1.07 bits per heavy atom. The van der Waals surface area contributed by atoms with Crippen LogP contribution >= 0.6 is 23.8 Å². The zero-order valence-corrected chi connectivity index (χ0v) is 17.7. The van der Waals surface area contributed by atoms with Gasteiger partial charge in [-0.2, -0.15) is 0 Å². The predicted octanol–water partition coefficient (Wildman–Crippen LogP) is 3.15. The number of carbonyl (C=O) groups excluding carboxylic acids is 2. The molecule has 3 N–H and O–H groups in total. The van der Waals surface area contributed by atoms with Crippen molar-refractivity contribution >= 4 is 40.7 Å². The summed E-state index contributed by atoms with van der Waals surface area (Å²) in [5.41, 5.74) is 6.03. The molecule has 9 heteroatoms. The zero-order valence-electron chi connectivity index (χ0n) is 16.1. The Morgan fingerprint density at radius 3 is 2.45 bits per heavy atom. The molecule has 0 aliphatic carbocycles. The van der Waals surface area contributed by atoms with Crippen LogP contribution in [0.2, 0.25) is 5.02 Å². The molecule has 0 unspecified atom stereocenters. The van der Waals surface area contributed by atoms with Crippen LogP contribution in [0.15, 0.2) is 42.5 Å². The number of benzene rings is 2. The number of nitrogens with one attached hydrogen (secondary N) is 3. The normalized spacial score (nSPS) is 10.0. The molecule has 2 aromatic carbocycles. The van der Waals surface area contributed by atoms with Gasteiger partial charge in [-0.15, -0.1) is 0 Å². The molecule has 0 saturated heterocycles. The zero-order chi connectivity index (χ0) is 21.2. The maximum absolute atomic E-state index is 12.2. The van der Waals surface area contributed by atoms with Gasteiger partial charge in [-0.25, -0.2) is 0 Å². The standard InChI is InChI=1S/C20H22ClN3O4S/c1-3-10-27-16-7-4-14(5-8-16)19(26)22-20(29)24-23-18(25)12-28-17-9-6-15(21)11-13(17)2/h4-9,11H,3,10,12H2,1-2H3,(H,23,25)(H2,22,24,26,29). The summed E-state index contributed by atoms with van der Waals surface area (Å²) in [6.07, 6.45) is 0.901. The van der Waals surface area contributed by atoms with Crippen molar-refractivity contribution in [2.45, 2.75) is 20.3 Å².